The second-order valence-corrected chi connectivity index (χ2v) is 7.92. The lowest BCUT2D eigenvalue weighted by Crippen LogP contribution is -2.15. The fourth-order valence-electron chi connectivity index (χ4n) is 3.87. The molecule has 2 aromatic rings. The summed E-state index contributed by atoms with van der Waals surface area (Å²) in [6.07, 6.45) is 8.17. The molecular weight excluding hydrogens is 294 g/mol. The summed E-state index contributed by atoms with van der Waals surface area (Å²) in [5, 5.41) is 1.14. The molecule has 0 N–H and O–H groups in total. The molecule has 0 saturated heterocycles. The molecule has 1 aromatic carbocycles. The molecule has 0 amide bonds. The van der Waals surface area contributed by atoms with Crippen molar-refractivity contribution in [2.45, 2.75) is 58.3 Å². The SMILES string of the molecule is CC1CCC(CCC(C)c2nc(N(C)C)c3ccccc3n2)CC1. The molecule has 0 radical (unpaired) electrons. The van der Waals surface area contributed by atoms with Gasteiger partial charge in [-0.15, -0.1) is 0 Å². The Hall–Kier alpha value is -1.64. The number of nitrogens with zero attached hydrogens (tertiary/aromatic N) is 3. The molecule has 1 atom stereocenters. The maximum absolute atomic E-state index is 4.89. The highest BCUT2D eigenvalue weighted by Crippen LogP contribution is 2.34. The minimum absolute atomic E-state index is 0.424. The van der Waals surface area contributed by atoms with Crippen molar-refractivity contribution in [3.05, 3.63) is 30.1 Å². The number of hydrogen-bond donors (Lipinski definition) is 0. The lowest BCUT2D eigenvalue weighted by atomic mass is 9.80. The molecule has 1 fully saturated rings. The smallest absolute Gasteiger partial charge is 0.139 e. The van der Waals surface area contributed by atoms with Crippen LogP contribution in [0.15, 0.2) is 24.3 Å². The fraction of sp³-hybridized carbons (Fsp3) is 0.619. The average Bonchev–Trinajstić information content (AvgIpc) is 2.59. The highest BCUT2D eigenvalue weighted by molar-refractivity contribution is 5.89. The van der Waals surface area contributed by atoms with E-state index in [9.17, 15) is 0 Å². The van der Waals surface area contributed by atoms with E-state index in [4.69, 9.17) is 9.97 Å². The van der Waals surface area contributed by atoms with Gasteiger partial charge in [0.05, 0.1) is 5.52 Å². The molecular formula is C21H31N3. The van der Waals surface area contributed by atoms with E-state index < -0.39 is 0 Å². The summed E-state index contributed by atoms with van der Waals surface area (Å²) in [5.74, 6) is 4.31. The van der Waals surface area contributed by atoms with Gasteiger partial charge in [-0.1, -0.05) is 51.7 Å². The van der Waals surface area contributed by atoms with Crippen LogP contribution in [0.4, 0.5) is 5.82 Å². The molecule has 0 spiro atoms. The molecule has 1 aliphatic carbocycles. The van der Waals surface area contributed by atoms with Crippen LogP contribution in [0.3, 0.4) is 0 Å². The number of aromatic nitrogens is 2. The monoisotopic (exact) mass is 325 g/mol. The maximum Gasteiger partial charge on any atom is 0.139 e. The van der Waals surface area contributed by atoms with Gasteiger partial charge in [-0.3, -0.25) is 0 Å². The van der Waals surface area contributed by atoms with Crippen LogP contribution in [0.2, 0.25) is 0 Å². The first-order chi connectivity index (χ1) is 11.5. The van der Waals surface area contributed by atoms with E-state index in [1.807, 2.05) is 0 Å². The third-order valence-corrected chi connectivity index (χ3v) is 5.61. The van der Waals surface area contributed by atoms with Crippen molar-refractivity contribution in [2.24, 2.45) is 11.8 Å². The van der Waals surface area contributed by atoms with Crippen molar-refractivity contribution in [2.75, 3.05) is 19.0 Å². The van der Waals surface area contributed by atoms with Gasteiger partial charge in [0.25, 0.3) is 0 Å². The Morgan fingerprint density at radius 3 is 2.50 bits per heavy atom. The van der Waals surface area contributed by atoms with Crippen molar-refractivity contribution in [3.8, 4) is 0 Å². The standard InChI is InChI=1S/C21H31N3/c1-15-9-12-17(13-10-15)14-11-16(2)20-22-19-8-6-5-7-18(19)21(23-20)24(3)4/h5-8,15-17H,9-14H2,1-4H3. The van der Waals surface area contributed by atoms with Gasteiger partial charge in [-0.05, 0) is 36.8 Å². The topological polar surface area (TPSA) is 29.0 Å². The van der Waals surface area contributed by atoms with Gasteiger partial charge < -0.3 is 4.90 Å². The summed E-state index contributed by atoms with van der Waals surface area (Å²) < 4.78 is 0. The first-order valence-corrected chi connectivity index (χ1v) is 9.48. The van der Waals surface area contributed by atoms with Crippen molar-refractivity contribution in [1.29, 1.82) is 0 Å². The summed E-state index contributed by atoms with van der Waals surface area (Å²) in [6.45, 7) is 4.68. The zero-order valence-corrected chi connectivity index (χ0v) is 15.6. The molecule has 130 valence electrons. The fourth-order valence-corrected chi connectivity index (χ4v) is 3.87. The Bertz CT molecular complexity index is 672. The van der Waals surface area contributed by atoms with Crippen LogP contribution in [-0.2, 0) is 0 Å². The Morgan fingerprint density at radius 1 is 1.08 bits per heavy atom. The highest BCUT2D eigenvalue weighted by atomic mass is 15.2. The van der Waals surface area contributed by atoms with Gasteiger partial charge in [0.15, 0.2) is 0 Å². The van der Waals surface area contributed by atoms with E-state index in [1.54, 1.807) is 0 Å². The van der Waals surface area contributed by atoms with E-state index in [0.29, 0.717) is 5.92 Å². The molecule has 24 heavy (non-hydrogen) atoms. The lowest BCUT2D eigenvalue weighted by Gasteiger charge is -2.27. The molecule has 0 aliphatic heterocycles. The van der Waals surface area contributed by atoms with E-state index in [0.717, 1.165) is 34.4 Å². The summed E-state index contributed by atoms with van der Waals surface area (Å²) in [5.41, 5.74) is 1.06. The zero-order chi connectivity index (χ0) is 17.1. The molecule has 1 aromatic heterocycles. The van der Waals surface area contributed by atoms with Crippen molar-refractivity contribution in [1.82, 2.24) is 9.97 Å². The predicted octanol–water partition coefficient (Wildman–Crippen LogP) is 5.41. The second-order valence-electron chi connectivity index (χ2n) is 7.92. The molecule has 1 unspecified atom stereocenters. The molecule has 3 heteroatoms. The van der Waals surface area contributed by atoms with Crippen LogP contribution in [0.1, 0.15) is 64.1 Å². The molecule has 1 saturated carbocycles. The molecule has 3 nitrogen and oxygen atoms in total. The van der Waals surface area contributed by atoms with Gasteiger partial charge >= 0.3 is 0 Å². The van der Waals surface area contributed by atoms with Crippen LogP contribution >= 0.6 is 0 Å². The first-order valence-electron chi connectivity index (χ1n) is 9.48. The highest BCUT2D eigenvalue weighted by Gasteiger charge is 2.20. The van der Waals surface area contributed by atoms with E-state index >= 15 is 0 Å². The second kappa shape index (κ2) is 7.50. The summed E-state index contributed by atoms with van der Waals surface area (Å²) in [7, 11) is 4.12. The summed E-state index contributed by atoms with van der Waals surface area (Å²) >= 11 is 0. The molecule has 1 heterocycles. The summed E-state index contributed by atoms with van der Waals surface area (Å²) in [6, 6.07) is 8.34. The third kappa shape index (κ3) is 3.88. The normalized spacial score (nSPS) is 22.5. The van der Waals surface area contributed by atoms with Gasteiger partial charge in [0.1, 0.15) is 11.6 Å². The maximum atomic E-state index is 4.89. The van der Waals surface area contributed by atoms with E-state index in [2.05, 4.69) is 57.1 Å². The Kier molecular flexibility index (Phi) is 5.37. The largest absolute Gasteiger partial charge is 0.362 e. The summed E-state index contributed by atoms with van der Waals surface area (Å²) in [4.78, 5) is 11.8. The Balaban J connectivity index is 1.73. The Morgan fingerprint density at radius 2 is 1.79 bits per heavy atom. The van der Waals surface area contributed by atoms with Crippen molar-refractivity contribution in [3.63, 3.8) is 0 Å². The zero-order valence-electron chi connectivity index (χ0n) is 15.6. The van der Waals surface area contributed by atoms with Crippen LogP contribution in [0.5, 0.6) is 0 Å². The lowest BCUT2D eigenvalue weighted by molar-refractivity contribution is 0.269. The minimum Gasteiger partial charge on any atom is -0.362 e. The number of anilines is 1. The van der Waals surface area contributed by atoms with Gasteiger partial charge in [0.2, 0.25) is 0 Å². The van der Waals surface area contributed by atoms with Crippen LogP contribution < -0.4 is 4.90 Å². The quantitative estimate of drug-likeness (QED) is 0.736. The number of para-hydroxylation sites is 1. The molecule has 0 bridgehead atoms. The number of benzene rings is 1. The van der Waals surface area contributed by atoms with Gasteiger partial charge in [-0.2, -0.15) is 0 Å². The predicted molar refractivity (Wildman–Crippen MR) is 103 cm³/mol. The molecule has 3 rings (SSSR count). The van der Waals surface area contributed by atoms with E-state index in [-0.39, 0.29) is 0 Å². The number of rotatable bonds is 5. The minimum atomic E-state index is 0.424. The van der Waals surface area contributed by atoms with Gasteiger partial charge in [-0.25, -0.2) is 9.97 Å². The number of fused-ring (bicyclic) bond motifs is 1. The van der Waals surface area contributed by atoms with E-state index in [1.165, 1.54) is 38.5 Å². The van der Waals surface area contributed by atoms with Crippen LogP contribution in [-0.4, -0.2) is 24.1 Å². The van der Waals surface area contributed by atoms with Crippen LogP contribution in [0.25, 0.3) is 10.9 Å². The van der Waals surface area contributed by atoms with Crippen molar-refractivity contribution < 1.29 is 0 Å². The van der Waals surface area contributed by atoms with Gasteiger partial charge in [0, 0.05) is 25.4 Å². The molecule has 1 aliphatic rings. The third-order valence-electron chi connectivity index (χ3n) is 5.61. The first kappa shape index (κ1) is 17.2. The number of hydrogen-bond acceptors (Lipinski definition) is 3. The average molecular weight is 326 g/mol. The van der Waals surface area contributed by atoms with Crippen molar-refractivity contribution >= 4 is 16.7 Å². The Labute approximate surface area is 146 Å². The van der Waals surface area contributed by atoms with Crippen LogP contribution in [0, 0.1) is 11.8 Å².